The highest BCUT2D eigenvalue weighted by Gasteiger charge is 2.32. The molecule has 1 saturated heterocycles. The van der Waals surface area contributed by atoms with Gasteiger partial charge >= 0.3 is 6.18 Å². The van der Waals surface area contributed by atoms with E-state index in [1.165, 1.54) is 0 Å². The van der Waals surface area contributed by atoms with E-state index in [9.17, 15) is 21.6 Å². The van der Waals surface area contributed by atoms with Crippen molar-refractivity contribution in [2.24, 2.45) is 0 Å². The number of nitrogens with zero attached hydrogens (tertiary/aromatic N) is 1. The van der Waals surface area contributed by atoms with Crippen molar-refractivity contribution in [3.8, 4) is 0 Å². The molecule has 1 aromatic carbocycles. The number of piperazine rings is 1. The van der Waals surface area contributed by atoms with Crippen LogP contribution in [0.25, 0.3) is 0 Å². The molecule has 2 N–H and O–H groups in total. The van der Waals surface area contributed by atoms with Crippen LogP contribution in [-0.2, 0) is 16.2 Å². The highest BCUT2D eigenvalue weighted by atomic mass is 35.5. The average molecular weight is 459 g/mol. The van der Waals surface area contributed by atoms with E-state index in [1.807, 2.05) is 0 Å². The fourth-order valence-electron chi connectivity index (χ4n) is 2.41. The third kappa shape index (κ3) is 7.75. The molecule has 1 aliphatic heterocycles. The molecule has 26 heavy (non-hydrogen) atoms. The van der Waals surface area contributed by atoms with Crippen LogP contribution in [0.15, 0.2) is 23.1 Å². The number of hydrogen-bond acceptors (Lipinski definition) is 4. The smallest absolute Gasteiger partial charge is 0.314 e. The minimum atomic E-state index is -4.66. The number of nitrogens with one attached hydrogen (secondary N) is 2. The Kier molecular flexibility index (Phi) is 10.8. The van der Waals surface area contributed by atoms with Gasteiger partial charge in [0.05, 0.1) is 10.5 Å². The van der Waals surface area contributed by atoms with Gasteiger partial charge in [-0.05, 0) is 31.2 Å². The molecule has 0 spiro atoms. The zero-order valence-corrected chi connectivity index (χ0v) is 16.9. The zero-order valence-electron chi connectivity index (χ0n) is 13.7. The molecular weight excluding hydrogens is 438 g/mol. The summed E-state index contributed by atoms with van der Waals surface area (Å²) in [5, 5.41) is 2.94. The number of halogens is 6. The van der Waals surface area contributed by atoms with Crippen LogP contribution in [0.1, 0.15) is 12.0 Å². The number of alkyl halides is 3. The zero-order chi connectivity index (χ0) is 17.8. The molecule has 0 radical (unpaired) electrons. The maximum absolute atomic E-state index is 12.8. The van der Waals surface area contributed by atoms with Crippen molar-refractivity contribution in [2.45, 2.75) is 17.5 Å². The molecule has 0 amide bonds. The molecule has 2 rings (SSSR count). The van der Waals surface area contributed by atoms with Gasteiger partial charge in [-0.3, -0.25) is 0 Å². The van der Waals surface area contributed by atoms with Crippen LogP contribution < -0.4 is 10.0 Å². The van der Waals surface area contributed by atoms with Crippen molar-refractivity contribution < 1.29 is 21.6 Å². The first-order valence-corrected chi connectivity index (χ1v) is 9.35. The number of rotatable bonds is 6. The van der Waals surface area contributed by atoms with Gasteiger partial charge in [0.1, 0.15) is 0 Å². The fourth-order valence-corrected chi connectivity index (χ4v) is 3.85. The highest BCUT2D eigenvalue weighted by Crippen LogP contribution is 2.32. The molecule has 0 aromatic heterocycles. The molecule has 0 bridgehead atoms. The number of benzene rings is 1. The van der Waals surface area contributed by atoms with E-state index in [0.717, 1.165) is 38.8 Å². The maximum atomic E-state index is 12.8. The SMILES string of the molecule is Cl.Cl.O=S(=O)(NCCCN1CCNCC1)c1cc(Cl)cc(C(F)(F)F)c1. The van der Waals surface area contributed by atoms with Crippen LogP contribution in [0.5, 0.6) is 0 Å². The molecule has 1 aliphatic rings. The Labute approximate surface area is 168 Å². The standard InChI is InChI=1S/C14H19ClF3N3O2S.2ClH/c15-12-8-11(14(16,17)18)9-13(10-12)24(22,23)20-2-1-5-21-6-3-19-4-7-21;;/h8-10,19-20H,1-7H2;2*1H. The second kappa shape index (κ2) is 10.9. The van der Waals surface area contributed by atoms with Gasteiger partial charge in [0.2, 0.25) is 10.0 Å². The normalized spacial score (nSPS) is 15.8. The monoisotopic (exact) mass is 457 g/mol. The van der Waals surface area contributed by atoms with Gasteiger partial charge in [-0.15, -0.1) is 24.8 Å². The van der Waals surface area contributed by atoms with Crippen LogP contribution >= 0.6 is 36.4 Å². The van der Waals surface area contributed by atoms with Crippen molar-refractivity contribution in [1.82, 2.24) is 14.9 Å². The lowest BCUT2D eigenvalue weighted by atomic mass is 10.2. The molecule has 1 aromatic rings. The van der Waals surface area contributed by atoms with E-state index in [0.29, 0.717) is 18.6 Å². The fraction of sp³-hybridized carbons (Fsp3) is 0.571. The van der Waals surface area contributed by atoms with Gasteiger partial charge < -0.3 is 10.2 Å². The lowest BCUT2D eigenvalue weighted by Crippen LogP contribution is -2.44. The largest absolute Gasteiger partial charge is 0.416 e. The summed E-state index contributed by atoms with van der Waals surface area (Å²) in [4.78, 5) is 1.72. The Morgan fingerprint density at radius 1 is 1.15 bits per heavy atom. The molecule has 1 heterocycles. The second-order valence-corrected chi connectivity index (χ2v) is 7.72. The molecule has 152 valence electrons. The Hall–Kier alpha value is -0.290. The molecule has 0 unspecified atom stereocenters. The summed E-state index contributed by atoms with van der Waals surface area (Å²) in [6.45, 7) is 4.47. The van der Waals surface area contributed by atoms with Crippen LogP contribution in [-0.4, -0.2) is 52.6 Å². The lowest BCUT2D eigenvalue weighted by molar-refractivity contribution is -0.137. The predicted molar refractivity (Wildman–Crippen MR) is 100 cm³/mol. The topological polar surface area (TPSA) is 61.4 Å². The Bertz CT molecular complexity index is 669. The van der Waals surface area contributed by atoms with Gasteiger partial charge in [-0.1, -0.05) is 11.6 Å². The summed E-state index contributed by atoms with van der Waals surface area (Å²) < 4.78 is 64.9. The first kappa shape index (κ1) is 25.7. The van der Waals surface area contributed by atoms with Crippen molar-refractivity contribution in [1.29, 1.82) is 0 Å². The van der Waals surface area contributed by atoms with Crippen LogP contribution in [0, 0.1) is 0 Å². The van der Waals surface area contributed by atoms with Crippen molar-refractivity contribution in [2.75, 3.05) is 39.3 Å². The van der Waals surface area contributed by atoms with Crippen molar-refractivity contribution in [3.63, 3.8) is 0 Å². The van der Waals surface area contributed by atoms with E-state index in [4.69, 9.17) is 11.6 Å². The molecule has 0 saturated carbocycles. The second-order valence-electron chi connectivity index (χ2n) is 5.52. The average Bonchev–Trinajstić information content (AvgIpc) is 2.51. The summed E-state index contributed by atoms with van der Waals surface area (Å²) in [6, 6.07) is 2.30. The van der Waals surface area contributed by atoms with Gasteiger partial charge in [0.25, 0.3) is 0 Å². The van der Waals surface area contributed by atoms with Gasteiger partial charge in [0.15, 0.2) is 0 Å². The summed E-state index contributed by atoms with van der Waals surface area (Å²) in [7, 11) is -4.03. The summed E-state index contributed by atoms with van der Waals surface area (Å²) in [6.07, 6.45) is -4.08. The third-order valence-corrected chi connectivity index (χ3v) is 5.32. The molecular formula is C14H21Cl3F3N3O2S. The van der Waals surface area contributed by atoms with Gasteiger partial charge in [-0.25, -0.2) is 13.1 Å². The van der Waals surface area contributed by atoms with E-state index >= 15 is 0 Å². The maximum Gasteiger partial charge on any atom is 0.416 e. The van der Waals surface area contributed by atoms with E-state index in [1.54, 1.807) is 0 Å². The lowest BCUT2D eigenvalue weighted by Gasteiger charge is -2.27. The Balaban J connectivity index is 0.00000312. The first-order valence-electron chi connectivity index (χ1n) is 7.49. The third-order valence-electron chi connectivity index (χ3n) is 3.66. The summed E-state index contributed by atoms with van der Waals surface area (Å²) in [5.74, 6) is 0. The molecule has 1 fully saturated rings. The Morgan fingerprint density at radius 2 is 1.77 bits per heavy atom. The first-order chi connectivity index (χ1) is 11.2. The van der Waals surface area contributed by atoms with Crippen LogP contribution in [0.4, 0.5) is 13.2 Å². The number of hydrogen-bond donors (Lipinski definition) is 2. The van der Waals surface area contributed by atoms with Gasteiger partial charge in [0, 0.05) is 37.7 Å². The highest BCUT2D eigenvalue weighted by molar-refractivity contribution is 7.89. The van der Waals surface area contributed by atoms with Crippen LogP contribution in [0.3, 0.4) is 0 Å². The van der Waals surface area contributed by atoms with E-state index in [2.05, 4.69) is 14.9 Å². The van der Waals surface area contributed by atoms with Crippen molar-refractivity contribution >= 4 is 46.4 Å². The minimum absolute atomic E-state index is 0. The molecule has 0 aliphatic carbocycles. The van der Waals surface area contributed by atoms with Crippen molar-refractivity contribution in [3.05, 3.63) is 28.8 Å². The van der Waals surface area contributed by atoms with E-state index < -0.39 is 26.7 Å². The molecule has 12 heteroatoms. The summed E-state index contributed by atoms with van der Waals surface area (Å²) in [5.41, 5.74) is -1.09. The Morgan fingerprint density at radius 3 is 2.35 bits per heavy atom. The van der Waals surface area contributed by atoms with Gasteiger partial charge in [-0.2, -0.15) is 13.2 Å². The minimum Gasteiger partial charge on any atom is -0.314 e. The predicted octanol–water partition coefficient (Wildman–Crippen LogP) is 2.78. The summed E-state index contributed by atoms with van der Waals surface area (Å²) >= 11 is 5.62. The number of sulfonamides is 1. The molecule has 0 atom stereocenters. The van der Waals surface area contributed by atoms with Crippen LogP contribution in [0.2, 0.25) is 5.02 Å². The molecule has 5 nitrogen and oxygen atoms in total. The quantitative estimate of drug-likeness (QED) is 0.644. The van der Waals surface area contributed by atoms with E-state index in [-0.39, 0.29) is 36.4 Å².